The summed E-state index contributed by atoms with van der Waals surface area (Å²) in [6.45, 7) is 6.03. The van der Waals surface area contributed by atoms with Crippen molar-refractivity contribution in [3.05, 3.63) is 34.9 Å². The Bertz CT molecular complexity index is 639. The van der Waals surface area contributed by atoms with E-state index in [0.29, 0.717) is 43.1 Å². The molecule has 0 radical (unpaired) electrons. The van der Waals surface area contributed by atoms with Crippen LogP contribution in [0.3, 0.4) is 0 Å². The molecule has 1 spiro atoms. The molecular weight excluding hydrogens is 340 g/mol. The molecule has 2 aliphatic rings. The molecule has 2 aliphatic heterocycles. The number of halogens is 1. The first-order valence-corrected chi connectivity index (χ1v) is 9.36. The molecular formula is C19H25ClN2O3. The van der Waals surface area contributed by atoms with Gasteiger partial charge < -0.3 is 14.5 Å². The molecule has 0 bridgehead atoms. The number of carbonyl (C=O) groups is 2. The van der Waals surface area contributed by atoms with Crippen LogP contribution in [0, 0.1) is 0 Å². The minimum Gasteiger partial charge on any atom is -0.441 e. The number of carbonyl (C=O) groups excluding carboxylic acids is 2. The summed E-state index contributed by atoms with van der Waals surface area (Å²) in [5.41, 5.74) is 0.206. The van der Waals surface area contributed by atoms with Crippen LogP contribution in [0.1, 0.15) is 49.9 Å². The molecule has 2 saturated heterocycles. The Balaban J connectivity index is 1.61. The number of ether oxygens (including phenoxy) is 1. The second-order valence-corrected chi connectivity index (χ2v) is 7.55. The molecule has 1 aromatic carbocycles. The first-order chi connectivity index (χ1) is 11.9. The number of rotatable bonds is 4. The normalized spacial score (nSPS) is 20.7. The molecule has 0 N–H and O–H groups in total. The maximum Gasteiger partial charge on any atom is 0.410 e. The Morgan fingerprint density at radius 3 is 2.52 bits per heavy atom. The summed E-state index contributed by atoms with van der Waals surface area (Å²) in [4.78, 5) is 28.5. The van der Waals surface area contributed by atoms with Crippen molar-refractivity contribution in [1.29, 1.82) is 0 Å². The maximum atomic E-state index is 12.6. The number of amides is 2. The second kappa shape index (κ2) is 7.24. The van der Waals surface area contributed by atoms with Gasteiger partial charge >= 0.3 is 6.09 Å². The predicted octanol–water partition coefficient (Wildman–Crippen LogP) is 3.96. The molecule has 0 aliphatic carbocycles. The summed E-state index contributed by atoms with van der Waals surface area (Å²) in [6, 6.07) is 7.15. The maximum absolute atomic E-state index is 12.6. The second-order valence-electron chi connectivity index (χ2n) is 7.12. The van der Waals surface area contributed by atoms with Crippen molar-refractivity contribution in [3.8, 4) is 0 Å². The number of likely N-dealkylation sites (tertiary alicyclic amines) is 1. The summed E-state index contributed by atoms with van der Waals surface area (Å²) in [5.74, 6) is 0.00653. The summed E-state index contributed by atoms with van der Waals surface area (Å²) in [5, 5.41) is 0.619. The van der Waals surface area contributed by atoms with Crippen molar-refractivity contribution in [2.45, 2.75) is 51.2 Å². The van der Waals surface area contributed by atoms with Crippen molar-refractivity contribution in [2.75, 3.05) is 19.6 Å². The van der Waals surface area contributed by atoms with Crippen LogP contribution < -0.4 is 0 Å². The first-order valence-electron chi connectivity index (χ1n) is 8.98. The highest BCUT2D eigenvalue weighted by molar-refractivity contribution is 6.30. The molecule has 136 valence electrons. The minimum atomic E-state index is -0.435. The quantitative estimate of drug-likeness (QED) is 0.812. The van der Waals surface area contributed by atoms with Gasteiger partial charge in [0.25, 0.3) is 5.91 Å². The number of benzene rings is 1. The average molecular weight is 365 g/mol. The van der Waals surface area contributed by atoms with Gasteiger partial charge in [-0.05, 0) is 37.6 Å². The third kappa shape index (κ3) is 3.76. The highest BCUT2D eigenvalue weighted by atomic mass is 35.5. The van der Waals surface area contributed by atoms with Crippen LogP contribution in [-0.2, 0) is 4.74 Å². The third-order valence-corrected chi connectivity index (χ3v) is 5.54. The summed E-state index contributed by atoms with van der Waals surface area (Å²) < 4.78 is 5.75. The van der Waals surface area contributed by atoms with Gasteiger partial charge in [-0.25, -0.2) is 4.79 Å². The van der Waals surface area contributed by atoms with Gasteiger partial charge in [-0.2, -0.15) is 0 Å². The molecule has 5 nitrogen and oxygen atoms in total. The van der Waals surface area contributed by atoms with Crippen LogP contribution in [0.15, 0.2) is 24.3 Å². The van der Waals surface area contributed by atoms with Gasteiger partial charge in [-0.3, -0.25) is 4.79 Å². The van der Waals surface area contributed by atoms with Gasteiger partial charge in [0.05, 0.1) is 6.54 Å². The first kappa shape index (κ1) is 18.1. The fraction of sp³-hybridized carbons (Fsp3) is 0.579. The van der Waals surface area contributed by atoms with E-state index >= 15 is 0 Å². The smallest absolute Gasteiger partial charge is 0.410 e. The lowest BCUT2D eigenvalue weighted by atomic mass is 9.90. The molecule has 0 aromatic heterocycles. The van der Waals surface area contributed by atoms with Crippen LogP contribution in [0.4, 0.5) is 4.79 Å². The zero-order valence-electron chi connectivity index (χ0n) is 14.8. The van der Waals surface area contributed by atoms with E-state index in [1.807, 2.05) is 9.80 Å². The van der Waals surface area contributed by atoms with E-state index in [9.17, 15) is 9.59 Å². The van der Waals surface area contributed by atoms with Gasteiger partial charge in [0.15, 0.2) is 0 Å². The molecule has 6 heteroatoms. The number of piperidine rings is 1. The van der Waals surface area contributed by atoms with Gasteiger partial charge in [0.2, 0.25) is 0 Å². The Hall–Kier alpha value is -1.75. The number of hydrogen-bond donors (Lipinski definition) is 0. The van der Waals surface area contributed by atoms with Crippen LogP contribution in [0.2, 0.25) is 5.02 Å². The largest absolute Gasteiger partial charge is 0.441 e. The topological polar surface area (TPSA) is 49.9 Å². The highest BCUT2D eigenvalue weighted by Crippen LogP contribution is 2.35. The lowest BCUT2D eigenvalue weighted by Crippen LogP contribution is -2.49. The van der Waals surface area contributed by atoms with E-state index in [0.717, 1.165) is 12.8 Å². The predicted molar refractivity (Wildman–Crippen MR) is 96.9 cm³/mol. The van der Waals surface area contributed by atoms with Crippen LogP contribution in [0.5, 0.6) is 0 Å². The Morgan fingerprint density at radius 2 is 1.92 bits per heavy atom. The fourth-order valence-corrected chi connectivity index (χ4v) is 3.84. The Morgan fingerprint density at radius 1 is 1.28 bits per heavy atom. The molecule has 3 rings (SSSR count). The third-order valence-electron chi connectivity index (χ3n) is 5.29. The molecule has 1 aromatic rings. The molecule has 2 fully saturated rings. The van der Waals surface area contributed by atoms with Crippen molar-refractivity contribution >= 4 is 23.6 Å². The van der Waals surface area contributed by atoms with E-state index < -0.39 is 5.60 Å². The summed E-state index contributed by atoms with van der Waals surface area (Å²) in [7, 11) is 0. The van der Waals surface area contributed by atoms with Crippen molar-refractivity contribution in [1.82, 2.24) is 9.80 Å². The average Bonchev–Trinajstić information content (AvgIpc) is 2.92. The Labute approximate surface area is 153 Å². The van der Waals surface area contributed by atoms with Gasteiger partial charge in [-0.1, -0.05) is 24.9 Å². The molecule has 1 atom stereocenters. The molecule has 0 saturated carbocycles. The monoisotopic (exact) mass is 364 g/mol. The van der Waals surface area contributed by atoms with E-state index in [-0.39, 0.29) is 18.0 Å². The summed E-state index contributed by atoms with van der Waals surface area (Å²) >= 11 is 5.88. The van der Waals surface area contributed by atoms with E-state index in [1.165, 1.54) is 0 Å². The van der Waals surface area contributed by atoms with E-state index in [1.54, 1.807) is 24.3 Å². The molecule has 2 heterocycles. The van der Waals surface area contributed by atoms with Crippen molar-refractivity contribution in [3.63, 3.8) is 0 Å². The summed E-state index contributed by atoms with van der Waals surface area (Å²) in [6.07, 6.45) is 3.19. The van der Waals surface area contributed by atoms with Gasteiger partial charge in [0.1, 0.15) is 5.60 Å². The molecule has 2 amide bonds. The standard InChI is InChI=1S/C19H25ClN2O3/c1-3-4-14(2)22-13-19(25-18(22)24)9-11-21(12-10-19)17(23)15-5-7-16(20)8-6-15/h5-8,14H,3-4,9-13H2,1-2H3. The molecule has 25 heavy (non-hydrogen) atoms. The van der Waals surface area contributed by atoms with Gasteiger partial charge in [-0.15, -0.1) is 0 Å². The van der Waals surface area contributed by atoms with Crippen LogP contribution in [-0.4, -0.2) is 53.1 Å². The number of nitrogens with zero attached hydrogens (tertiary/aromatic N) is 2. The minimum absolute atomic E-state index is 0.00653. The number of hydrogen-bond acceptors (Lipinski definition) is 3. The lowest BCUT2D eigenvalue weighted by molar-refractivity contribution is 0.00307. The van der Waals surface area contributed by atoms with Crippen LogP contribution >= 0.6 is 11.6 Å². The molecule has 1 unspecified atom stereocenters. The van der Waals surface area contributed by atoms with Crippen LogP contribution in [0.25, 0.3) is 0 Å². The Kier molecular flexibility index (Phi) is 5.23. The van der Waals surface area contributed by atoms with E-state index in [2.05, 4.69) is 13.8 Å². The highest BCUT2D eigenvalue weighted by Gasteiger charge is 2.48. The van der Waals surface area contributed by atoms with Crippen molar-refractivity contribution in [2.24, 2.45) is 0 Å². The van der Waals surface area contributed by atoms with Gasteiger partial charge in [0, 0.05) is 42.6 Å². The zero-order chi connectivity index (χ0) is 18.0. The van der Waals surface area contributed by atoms with E-state index in [4.69, 9.17) is 16.3 Å². The SMILES string of the molecule is CCCC(C)N1CC2(CCN(C(=O)c3ccc(Cl)cc3)CC2)OC1=O. The van der Waals surface area contributed by atoms with Crippen molar-refractivity contribution < 1.29 is 14.3 Å². The fourth-order valence-electron chi connectivity index (χ4n) is 3.71. The lowest BCUT2D eigenvalue weighted by Gasteiger charge is -2.37. The zero-order valence-corrected chi connectivity index (χ0v) is 15.6.